The largest absolute Gasteiger partial charge is 0.382 e. The molecule has 16 heavy (non-hydrogen) atoms. The summed E-state index contributed by atoms with van der Waals surface area (Å²) in [5, 5.41) is 3.48. The highest BCUT2D eigenvalue weighted by atomic mass is 16.5. The molecule has 0 radical (unpaired) electrons. The second-order valence-electron chi connectivity index (χ2n) is 4.53. The lowest BCUT2D eigenvalue weighted by Gasteiger charge is -2.30. The molecule has 0 saturated heterocycles. The van der Waals surface area contributed by atoms with E-state index >= 15 is 0 Å². The van der Waals surface area contributed by atoms with Crippen LogP contribution in [-0.2, 0) is 4.74 Å². The van der Waals surface area contributed by atoms with Crippen molar-refractivity contribution >= 4 is 0 Å². The molecule has 0 aromatic carbocycles. The number of likely N-dealkylation sites (N-methyl/N-ethyl adjacent to an activating group) is 1. The van der Waals surface area contributed by atoms with E-state index in [4.69, 9.17) is 4.74 Å². The molecular formula is C13H30N2O. The second-order valence-corrected chi connectivity index (χ2v) is 4.53. The van der Waals surface area contributed by atoms with Crippen molar-refractivity contribution in [2.24, 2.45) is 0 Å². The van der Waals surface area contributed by atoms with Crippen LogP contribution in [0.15, 0.2) is 0 Å². The van der Waals surface area contributed by atoms with Gasteiger partial charge in [-0.25, -0.2) is 0 Å². The minimum atomic E-state index is 0.599. The third-order valence-corrected chi connectivity index (χ3v) is 3.27. The first-order valence-electron chi connectivity index (χ1n) is 6.63. The van der Waals surface area contributed by atoms with Gasteiger partial charge in [0.25, 0.3) is 0 Å². The summed E-state index contributed by atoms with van der Waals surface area (Å²) in [5.41, 5.74) is 0. The van der Waals surface area contributed by atoms with Crippen LogP contribution in [0.3, 0.4) is 0 Å². The highest BCUT2D eigenvalue weighted by molar-refractivity contribution is 4.70. The van der Waals surface area contributed by atoms with Crippen LogP contribution in [0.2, 0.25) is 0 Å². The van der Waals surface area contributed by atoms with Crippen molar-refractivity contribution in [2.45, 2.75) is 52.6 Å². The molecule has 0 heterocycles. The van der Waals surface area contributed by atoms with Gasteiger partial charge in [-0.05, 0) is 47.2 Å². The summed E-state index contributed by atoms with van der Waals surface area (Å²) in [5.74, 6) is 0. The number of nitrogens with one attached hydrogen (secondary N) is 1. The Kier molecular flexibility index (Phi) is 9.99. The van der Waals surface area contributed by atoms with E-state index in [9.17, 15) is 0 Å². The standard InChI is InChI=1S/C13H30N2O/c1-6-12(3)15(5)13(4)11-14-9-8-10-16-7-2/h12-14H,6-11H2,1-5H3. The third kappa shape index (κ3) is 7.20. The topological polar surface area (TPSA) is 24.5 Å². The predicted octanol–water partition coefficient (Wildman–Crippen LogP) is 2.12. The van der Waals surface area contributed by atoms with Crippen LogP contribution in [0.4, 0.5) is 0 Å². The monoisotopic (exact) mass is 230 g/mol. The van der Waals surface area contributed by atoms with Crippen LogP contribution >= 0.6 is 0 Å². The van der Waals surface area contributed by atoms with Crippen molar-refractivity contribution < 1.29 is 4.74 Å². The summed E-state index contributed by atoms with van der Waals surface area (Å²) < 4.78 is 5.29. The molecule has 3 heteroatoms. The molecular weight excluding hydrogens is 200 g/mol. The average Bonchev–Trinajstić information content (AvgIpc) is 2.31. The molecule has 0 bridgehead atoms. The summed E-state index contributed by atoms with van der Waals surface area (Å²) >= 11 is 0. The van der Waals surface area contributed by atoms with Gasteiger partial charge in [0.15, 0.2) is 0 Å². The fourth-order valence-corrected chi connectivity index (χ4v) is 1.62. The van der Waals surface area contributed by atoms with Gasteiger partial charge in [-0.1, -0.05) is 6.92 Å². The van der Waals surface area contributed by atoms with Crippen molar-refractivity contribution in [1.29, 1.82) is 0 Å². The van der Waals surface area contributed by atoms with Crippen molar-refractivity contribution in [3.63, 3.8) is 0 Å². The van der Waals surface area contributed by atoms with Crippen molar-refractivity contribution in [1.82, 2.24) is 10.2 Å². The molecule has 2 atom stereocenters. The lowest BCUT2D eigenvalue weighted by atomic mass is 10.2. The Labute approximate surface area is 102 Å². The van der Waals surface area contributed by atoms with Crippen LogP contribution in [-0.4, -0.2) is 50.3 Å². The molecule has 98 valence electrons. The summed E-state index contributed by atoms with van der Waals surface area (Å²) in [6, 6.07) is 1.27. The highest BCUT2D eigenvalue weighted by Gasteiger charge is 2.13. The first-order valence-corrected chi connectivity index (χ1v) is 6.63. The first-order chi connectivity index (χ1) is 7.63. The Balaban J connectivity index is 3.45. The smallest absolute Gasteiger partial charge is 0.0477 e. The van der Waals surface area contributed by atoms with Gasteiger partial charge >= 0.3 is 0 Å². The average molecular weight is 230 g/mol. The van der Waals surface area contributed by atoms with E-state index in [1.54, 1.807) is 0 Å². The van der Waals surface area contributed by atoms with E-state index in [1.807, 2.05) is 6.92 Å². The van der Waals surface area contributed by atoms with Crippen LogP contribution in [0.1, 0.15) is 40.5 Å². The minimum Gasteiger partial charge on any atom is -0.382 e. The SMILES string of the molecule is CCOCCCNCC(C)N(C)C(C)CC. The number of hydrogen-bond acceptors (Lipinski definition) is 3. The predicted molar refractivity (Wildman–Crippen MR) is 71.0 cm³/mol. The lowest BCUT2D eigenvalue weighted by Crippen LogP contribution is -2.42. The quantitative estimate of drug-likeness (QED) is 0.582. The van der Waals surface area contributed by atoms with Gasteiger partial charge in [0, 0.05) is 31.8 Å². The molecule has 0 fully saturated rings. The molecule has 0 aromatic rings. The molecule has 0 saturated carbocycles. The lowest BCUT2D eigenvalue weighted by molar-refractivity contribution is 0.143. The first kappa shape index (κ1) is 15.9. The van der Waals surface area contributed by atoms with E-state index in [2.05, 4.69) is 38.0 Å². The zero-order valence-electron chi connectivity index (χ0n) is 11.8. The highest BCUT2D eigenvalue weighted by Crippen LogP contribution is 2.04. The Morgan fingerprint density at radius 2 is 1.88 bits per heavy atom. The van der Waals surface area contributed by atoms with Crippen LogP contribution < -0.4 is 5.32 Å². The maximum Gasteiger partial charge on any atom is 0.0477 e. The van der Waals surface area contributed by atoms with Crippen LogP contribution in [0, 0.1) is 0 Å². The number of nitrogens with zero attached hydrogens (tertiary/aromatic N) is 1. The van der Waals surface area contributed by atoms with E-state index in [0.29, 0.717) is 12.1 Å². The Bertz CT molecular complexity index is 153. The van der Waals surface area contributed by atoms with Gasteiger partial charge in [-0.3, -0.25) is 4.90 Å². The number of rotatable bonds is 10. The van der Waals surface area contributed by atoms with Gasteiger partial charge in [0.1, 0.15) is 0 Å². The molecule has 2 unspecified atom stereocenters. The molecule has 1 N–H and O–H groups in total. The molecule has 0 rings (SSSR count). The fourth-order valence-electron chi connectivity index (χ4n) is 1.62. The van der Waals surface area contributed by atoms with E-state index in [-0.39, 0.29) is 0 Å². The zero-order valence-corrected chi connectivity index (χ0v) is 11.8. The van der Waals surface area contributed by atoms with Gasteiger partial charge in [0.2, 0.25) is 0 Å². The number of hydrogen-bond donors (Lipinski definition) is 1. The Morgan fingerprint density at radius 3 is 2.44 bits per heavy atom. The van der Waals surface area contributed by atoms with Gasteiger partial charge in [-0.2, -0.15) is 0 Å². The van der Waals surface area contributed by atoms with Gasteiger partial charge in [0.05, 0.1) is 0 Å². The Hall–Kier alpha value is -0.120. The molecule has 3 nitrogen and oxygen atoms in total. The van der Waals surface area contributed by atoms with Crippen LogP contribution in [0.25, 0.3) is 0 Å². The summed E-state index contributed by atoms with van der Waals surface area (Å²) in [4.78, 5) is 2.44. The second kappa shape index (κ2) is 10.1. The van der Waals surface area contributed by atoms with E-state index in [1.165, 1.54) is 6.42 Å². The maximum absolute atomic E-state index is 5.29. The molecule has 0 amide bonds. The molecule has 0 aliphatic carbocycles. The normalized spacial score (nSPS) is 15.4. The van der Waals surface area contributed by atoms with E-state index < -0.39 is 0 Å². The summed E-state index contributed by atoms with van der Waals surface area (Å²) in [6.07, 6.45) is 2.32. The minimum absolute atomic E-state index is 0.599. The molecule has 0 spiro atoms. The van der Waals surface area contributed by atoms with Gasteiger partial charge in [-0.15, -0.1) is 0 Å². The van der Waals surface area contributed by atoms with Crippen molar-refractivity contribution in [3.05, 3.63) is 0 Å². The maximum atomic E-state index is 5.29. The van der Waals surface area contributed by atoms with Crippen LogP contribution in [0.5, 0.6) is 0 Å². The molecule has 0 aliphatic rings. The fraction of sp³-hybridized carbons (Fsp3) is 1.00. The zero-order chi connectivity index (χ0) is 12.4. The summed E-state index contributed by atoms with van der Waals surface area (Å²) in [6.45, 7) is 12.7. The number of ether oxygens (including phenoxy) is 1. The van der Waals surface area contributed by atoms with Crippen molar-refractivity contribution in [3.8, 4) is 0 Å². The molecule has 0 aromatic heterocycles. The Morgan fingerprint density at radius 1 is 1.19 bits per heavy atom. The van der Waals surface area contributed by atoms with Gasteiger partial charge < -0.3 is 10.1 Å². The van der Waals surface area contributed by atoms with E-state index in [0.717, 1.165) is 32.7 Å². The summed E-state index contributed by atoms with van der Waals surface area (Å²) in [7, 11) is 2.21. The molecule has 0 aliphatic heterocycles. The third-order valence-electron chi connectivity index (χ3n) is 3.27. The van der Waals surface area contributed by atoms with Crippen molar-refractivity contribution in [2.75, 3.05) is 33.4 Å².